The van der Waals surface area contributed by atoms with Gasteiger partial charge < -0.3 is 14.6 Å². The first-order valence-electron chi connectivity index (χ1n) is 12.3. The highest BCUT2D eigenvalue weighted by molar-refractivity contribution is 7.99. The van der Waals surface area contributed by atoms with Crippen LogP contribution >= 0.6 is 11.8 Å². The molecular formula is C33H29O3S2+. The van der Waals surface area contributed by atoms with Crippen molar-refractivity contribution in [1.82, 2.24) is 0 Å². The topological polar surface area (TPSA) is 38.7 Å². The Bertz CT molecular complexity index is 1390. The van der Waals surface area contributed by atoms with Gasteiger partial charge in [0.15, 0.2) is 14.7 Å². The van der Waals surface area contributed by atoms with Gasteiger partial charge in [-0.05, 0) is 84.9 Å². The van der Waals surface area contributed by atoms with Gasteiger partial charge in [-0.15, -0.1) is 0 Å². The summed E-state index contributed by atoms with van der Waals surface area (Å²) >= 11 is 1.64. The van der Waals surface area contributed by atoms with Crippen LogP contribution in [0.15, 0.2) is 158 Å². The fourth-order valence-electron chi connectivity index (χ4n) is 4.45. The molecular weight excluding hydrogens is 508 g/mol. The van der Waals surface area contributed by atoms with Gasteiger partial charge in [-0.2, -0.15) is 0 Å². The van der Waals surface area contributed by atoms with Gasteiger partial charge in [-0.25, -0.2) is 0 Å². The zero-order chi connectivity index (χ0) is 26.4. The monoisotopic (exact) mass is 537 g/mol. The molecule has 0 fully saturated rings. The van der Waals surface area contributed by atoms with E-state index >= 15 is 0 Å². The SMILES string of the molecule is COC(OC)(c1ccc(Sc2ccc(O)cc2)cc1)c1ccc([S+](c2ccccc2)c2ccccc2)cc1. The number of hydrogen-bond donors (Lipinski definition) is 1. The second-order valence-corrected chi connectivity index (χ2v) is 11.8. The Kier molecular flexibility index (Phi) is 8.20. The van der Waals surface area contributed by atoms with Crippen LogP contribution in [0, 0.1) is 0 Å². The quantitative estimate of drug-likeness (QED) is 0.152. The third-order valence-corrected chi connectivity index (χ3v) is 9.56. The zero-order valence-electron chi connectivity index (χ0n) is 21.3. The maximum absolute atomic E-state index is 9.54. The largest absolute Gasteiger partial charge is 0.508 e. The number of rotatable bonds is 9. The summed E-state index contributed by atoms with van der Waals surface area (Å²) in [6, 6.07) is 45.2. The molecule has 5 aromatic rings. The Labute approximate surface area is 231 Å². The lowest BCUT2D eigenvalue weighted by atomic mass is 9.97. The summed E-state index contributed by atoms with van der Waals surface area (Å²) in [5, 5.41) is 9.54. The summed E-state index contributed by atoms with van der Waals surface area (Å²) in [5.74, 6) is -0.765. The first-order valence-corrected chi connectivity index (χ1v) is 14.3. The molecule has 38 heavy (non-hydrogen) atoms. The molecule has 0 aliphatic rings. The van der Waals surface area contributed by atoms with Crippen molar-refractivity contribution < 1.29 is 14.6 Å². The normalized spacial score (nSPS) is 11.6. The molecule has 5 rings (SSSR count). The van der Waals surface area contributed by atoms with Crippen molar-refractivity contribution in [3.05, 3.63) is 145 Å². The molecule has 0 radical (unpaired) electrons. The molecule has 0 aliphatic heterocycles. The number of hydrogen-bond acceptors (Lipinski definition) is 4. The van der Waals surface area contributed by atoms with E-state index in [-0.39, 0.29) is 16.6 Å². The van der Waals surface area contributed by atoms with Crippen LogP contribution in [-0.4, -0.2) is 19.3 Å². The highest BCUT2D eigenvalue weighted by Crippen LogP contribution is 2.38. The summed E-state index contributed by atoms with van der Waals surface area (Å²) < 4.78 is 12.1. The molecule has 5 heteroatoms. The van der Waals surface area contributed by atoms with Crippen molar-refractivity contribution in [2.45, 2.75) is 30.3 Å². The fraction of sp³-hybridized carbons (Fsp3) is 0.0909. The van der Waals surface area contributed by atoms with Gasteiger partial charge in [0.25, 0.3) is 0 Å². The van der Waals surface area contributed by atoms with Gasteiger partial charge in [-0.3, -0.25) is 0 Å². The minimum absolute atomic E-state index is 0.222. The van der Waals surface area contributed by atoms with Crippen LogP contribution in [0.25, 0.3) is 0 Å². The van der Waals surface area contributed by atoms with Crippen molar-refractivity contribution in [1.29, 1.82) is 0 Å². The van der Waals surface area contributed by atoms with Crippen molar-refractivity contribution in [2.24, 2.45) is 0 Å². The van der Waals surface area contributed by atoms with E-state index in [1.54, 1.807) is 38.1 Å². The van der Waals surface area contributed by atoms with E-state index in [1.807, 2.05) is 24.3 Å². The Morgan fingerprint density at radius 2 is 0.921 bits per heavy atom. The molecule has 190 valence electrons. The molecule has 0 spiro atoms. The van der Waals surface area contributed by atoms with E-state index in [9.17, 15) is 5.11 Å². The first-order chi connectivity index (χ1) is 18.6. The minimum Gasteiger partial charge on any atom is -0.508 e. The smallest absolute Gasteiger partial charge is 0.221 e. The Morgan fingerprint density at radius 1 is 0.526 bits per heavy atom. The molecule has 5 aromatic carbocycles. The molecule has 0 saturated heterocycles. The lowest BCUT2D eigenvalue weighted by Crippen LogP contribution is -2.32. The molecule has 0 saturated carbocycles. The van der Waals surface area contributed by atoms with Crippen LogP contribution in [-0.2, 0) is 26.2 Å². The first kappa shape index (κ1) is 26.1. The second-order valence-electron chi connectivity index (χ2n) is 8.60. The van der Waals surface area contributed by atoms with Crippen LogP contribution in [0.2, 0.25) is 0 Å². The maximum atomic E-state index is 9.54. The third kappa shape index (κ3) is 5.52. The molecule has 3 nitrogen and oxygen atoms in total. The fourth-order valence-corrected chi connectivity index (χ4v) is 7.35. The summed E-state index contributed by atoms with van der Waals surface area (Å²) in [4.78, 5) is 5.93. The number of aromatic hydroxyl groups is 1. The zero-order valence-corrected chi connectivity index (χ0v) is 22.9. The number of phenols is 1. The van der Waals surface area contributed by atoms with Gasteiger partial charge in [-0.1, -0.05) is 60.3 Å². The van der Waals surface area contributed by atoms with Crippen LogP contribution in [0.3, 0.4) is 0 Å². The number of benzene rings is 5. The summed E-state index contributed by atoms with van der Waals surface area (Å²) in [6.45, 7) is 0. The summed E-state index contributed by atoms with van der Waals surface area (Å²) in [5.41, 5.74) is 1.84. The molecule has 0 aromatic heterocycles. The van der Waals surface area contributed by atoms with Crippen LogP contribution < -0.4 is 0 Å². The molecule has 0 unspecified atom stereocenters. The predicted molar refractivity (Wildman–Crippen MR) is 155 cm³/mol. The van der Waals surface area contributed by atoms with Crippen LogP contribution in [0.5, 0.6) is 5.75 Å². The molecule has 0 atom stereocenters. The van der Waals surface area contributed by atoms with Gasteiger partial charge in [0.1, 0.15) is 5.75 Å². The van der Waals surface area contributed by atoms with Crippen molar-refractivity contribution in [3.63, 3.8) is 0 Å². The second kappa shape index (κ2) is 11.9. The summed E-state index contributed by atoms with van der Waals surface area (Å²) in [7, 11) is 3.13. The lowest BCUT2D eigenvalue weighted by Gasteiger charge is -2.32. The van der Waals surface area contributed by atoms with E-state index < -0.39 is 5.79 Å². The third-order valence-electron chi connectivity index (χ3n) is 6.31. The molecule has 0 amide bonds. The van der Waals surface area contributed by atoms with Gasteiger partial charge in [0.2, 0.25) is 5.79 Å². The minimum atomic E-state index is -1.03. The van der Waals surface area contributed by atoms with E-state index in [2.05, 4.69) is 97.1 Å². The van der Waals surface area contributed by atoms with Gasteiger partial charge in [0, 0.05) is 35.1 Å². The Balaban J connectivity index is 1.45. The molecule has 0 heterocycles. The number of ether oxygens (including phenoxy) is 2. The van der Waals surface area contributed by atoms with E-state index in [4.69, 9.17) is 9.47 Å². The van der Waals surface area contributed by atoms with E-state index in [0.29, 0.717) is 0 Å². The van der Waals surface area contributed by atoms with Crippen molar-refractivity contribution >= 4 is 22.7 Å². The van der Waals surface area contributed by atoms with Crippen molar-refractivity contribution in [3.8, 4) is 5.75 Å². The lowest BCUT2D eigenvalue weighted by molar-refractivity contribution is -0.183. The van der Waals surface area contributed by atoms with E-state index in [0.717, 1.165) is 20.9 Å². The van der Waals surface area contributed by atoms with E-state index in [1.165, 1.54) is 14.7 Å². The number of methoxy groups -OCH3 is 2. The highest BCUT2D eigenvalue weighted by Gasteiger charge is 2.36. The van der Waals surface area contributed by atoms with Crippen LogP contribution in [0.1, 0.15) is 11.1 Å². The van der Waals surface area contributed by atoms with Crippen LogP contribution in [0.4, 0.5) is 0 Å². The maximum Gasteiger partial charge on any atom is 0.221 e. The van der Waals surface area contributed by atoms with Gasteiger partial charge in [0.05, 0.1) is 10.9 Å². The average Bonchev–Trinajstić information content (AvgIpc) is 2.98. The summed E-state index contributed by atoms with van der Waals surface area (Å²) in [6.07, 6.45) is 0. The standard InChI is InChI=1S/C33H28O3S2/c1-35-33(36-2,25-13-19-28(20-14-25)37-29-21-17-27(34)18-22-29)26-15-23-32(24-16-26)38(30-9-5-3-6-10-30)31-11-7-4-8-12-31/h3-24H,1-2H3/p+1. The number of phenolic OH excluding ortho intramolecular Hbond substituents is 1. The molecule has 0 aliphatic carbocycles. The van der Waals surface area contributed by atoms with Gasteiger partial charge >= 0.3 is 0 Å². The molecule has 1 N–H and O–H groups in total. The Hall–Kier alpha value is -3.48. The Morgan fingerprint density at radius 3 is 1.37 bits per heavy atom. The van der Waals surface area contributed by atoms with Crippen molar-refractivity contribution in [2.75, 3.05) is 14.2 Å². The predicted octanol–water partition coefficient (Wildman–Crippen LogP) is 8.13. The highest BCUT2D eigenvalue weighted by atomic mass is 32.2. The molecule has 0 bridgehead atoms. The average molecular weight is 538 g/mol.